The first-order valence-electron chi connectivity index (χ1n) is 5.72. The zero-order chi connectivity index (χ0) is 13.0. The highest BCUT2D eigenvalue weighted by atomic mass is 16.1. The van der Waals surface area contributed by atoms with Crippen LogP contribution in [0.2, 0.25) is 0 Å². The number of rotatable bonds is 4. The summed E-state index contributed by atoms with van der Waals surface area (Å²) in [7, 11) is 0. The van der Waals surface area contributed by atoms with Crippen molar-refractivity contribution in [2.45, 2.75) is 26.4 Å². The van der Waals surface area contributed by atoms with E-state index < -0.39 is 0 Å². The second-order valence-corrected chi connectivity index (χ2v) is 4.15. The number of carbonyl (C=O) groups excluding carboxylic acids is 1. The molecular weight excluding hydrogens is 230 g/mol. The van der Waals surface area contributed by atoms with Gasteiger partial charge in [-0.3, -0.25) is 14.5 Å². The van der Waals surface area contributed by atoms with E-state index in [4.69, 9.17) is 0 Å². The minimum atomic E-state index is -0.220. The summed E-state index contributed by atoms with van der Waals surface area (Å²) in [6.45, 7) is 4.37. The van der Waals surface area contributed by atoms with Crippen LogP contribution >= 0.6 is 0 Å². The van der Waals surface area contributed by atoms with E-state index in [0.29, 0.717) is 12.2 Å². The fraction of sp³-hybridized carbons (Fsp3) is 0.333. The van der Waals surface area contributed by atoms with Gasteiger partial charge in [-0.2, -0.15) is 5.10 Å². The molecule has 0 aliphatic carbocycles. The highest BCUT2D eigenvalue weighted by Gasteiger charge is 2.11. The van der Waals surface area contributed by atoms with Gasteiger partial charge >= 0.3 is 0 Å². The molecule has 0 radical (unpaired) electrons. The van der Waals surface area contributed by atoms with Gasteiger partial charge in [-0.15, -0.1) is 0 Å². The van der Waals surface area contributed by atoms with Crippen LogP contribution in [0, 0.1) is 6.92 Å². The minimum Gasteiger partial charge on any atom is -0.346 e. The van der Waals surface area contributed by atoms with Crippen molar-refractivity contribution in [3.05, 3.63) is 42.2 Å². The molecule has 0 aliphatic rings. The fourth-order valence-electron chi connectivity index (χ4n) is 1.54. The van der Waals surface area contributed by atoms with Crippen LogP contribution in [0.3, 0.4) is 0 Å². The van der Waals surface area contributed by atoms with E-state index in [2.05, 4.69) is 20.4 Å². The van der Waals surface area contributed by atoms with Crippen LogP contribution in [0.15, 0.2) is 30.9 Å². The summed E-state index contributed by atoms with van der Waals surface area (Å²) in [6, 6.07) is 1.82. The molecule has 1 N–H and O–H groups in total. The lowest BCUT2D eigenvalue weighted by Crippen LogP contribution is -2.36. The molecule has 1 amide bonds. The van der Waals surface area contributed by atoms with Crippen LogP contribution in [0.25, 0.3) is 0 Å². The van der Waals surface area contributed by atoms with Crippen molar-refractivity contribution in [1.29, 1.82) is 0 Å². The van der Waals surface area contributed by atoms with E-state index in [1.54, 1.807) is 17.1 Å². The molecule has 0 saturated carbocycles. The van der Waals surface area contributed by atoms with Gasteiger partial charge in [0.1, 0.15) is 5.69 Å². The molecule has 2 heterocycles. The summed E-state index contributed by atoms with van der Waals surface area (Å²) in [5.74, 6) is -0.220. The Labute approximate surface area is 105 Å². The monoisotopic (exact) mass is 245 g/mol. The molecule has 1 atom stereocenters. The lowest BCUT2D eigenvalue weighted by molar-refractivity contribution is 0.0930. The molecule has 2 aromatic heterocycles. The zero-order valence-corrected chi connectivity index (χ0v) is 10.4. The standard InChI is InChI=1S/C12H15N5O/c1-9-6-14-11(7-13-9)12(18)16-10(2)8-17-5-3-4-15-17/h3-7,10H,8H2,1-2H3,(H,16,18)/t10-/m1/s1. The average molecular weight is 245 g/mol. The van der Waals surface area contributed by atoms with Crippen molar-refractivity contribution in [3.63, 3.8) is 0 Å². The molecule has 0 unspecified atom stereocenters. The van der Waals surface area contributed by atoms with Gasteiger partial charge < -0.3 is 5.32 Å². The van der Waals surface area contributed by atoms with Gasteiger partial charge in [0.05, 0.1) is 18.4 Å². The van der Waals surface area contributed by atoms with Crippen LogP contribution in [-0.2, 0) is 6.54 Å². The molecule has 0 fully saturated rings. The Morgan fingerprint density at radius 2 is 2.28 bits per heavy atom. The van der Waals surface area contributed by atoms with Crippen LogP contribution in [-0.4, -0.2) is 31.7 Å². The van der Waals surface area contributed by atoms with E-state index in [9.17, 15) is 4.79 Å². The summed E-state index contributed by atoms with van der Waals surface area (Å²) in [5.41, 5.74) is 1.11. The summed E-state index contributed by atoms with van der Waals surface area (Å²) < 4.78 is 1.77. The highest BCUT2D eigenvalue weighted by Crippen LogP contribution is 1.96. The molecule has 6 heteroatoms. The molecule has 0 spiro atoms. The smallest absolute Gasteiger partial charge is 0.271 e. The van der Waals surface area contributed by atoms with Crippen LogP contribution in [0.1, 0.15) is 23.1 Å². The van der Waals surface area contributed by atoms with Crippen molar-refractivity contribution in [3.8, 4) is 0 Å². The van der Waals surface area contributed by atoms with E-state index in [0.717, 1.165) is 5.69 Å². The molecule has 94 valence electrons. The predicted octanol–water partition coefficient (Wildman–Crippen LogP) is 0.800. The summed E-state index contributed by atoms with van der Waals surface area (Å²) in [6.07, 6.45) is 6.62. The van der Waals surface area contributed by atoms with Crippen LogP contribution in [0.4, 0.5) is 0 Å². The van der Waals surface area contributed by atoms with Gasteiger partial charge in [0.25, 0.3) is 5.91 Å². The highest BCUT2D eigenvalue weighted by molar-refractivity contribution is 5.92. The minimum absolute atomic E-state index is 0.0273. The van der Waals surface area contributed by atoms with Crippen LogP contribution in [0.5, 0.6) is 0 Å². The first-order chi connectivity index (χ1) is 8.65. The number of carbonyl (C=O) groups is 1. The van der Waals surface area contributed by atoms with Crippen molar-refractivity contribution in [1.82, 2.24) is 25.1 Å². The quantitative estimate of drug-likeness (QED) is 0.864. The van der Waals surface area contributed by atoms with Gasteiger partial charge in [0.15, 0.2) is 0 Å². The number of hydrogen-bond donors (Lipinski definition) is 1. The second kappa shape index (κ2) is 5.39. The lowest BCUT2D eigenvalue weighted by Gasteiger charge is -2.13. The van der Waals surface area contributed by atoms with Gasteiger partial charge in [-0.25, -0.2) is 4.98 Å². The van der Waals surface area contributed by atoms with E-state index in [-0.39, 0.29) is 11.9 Å². The van der Waals surface area contributed by atoms with E-state index in [1.165, 1.54) is 6.20 Å². The first-order valence-corrected chi connectivity index (χ1v) is 5.72. The Morgan fingerprint density at radius 1 is 1.44 bits per heavy atom. The number of aryl methyl sites for hydroxylation is 1. The first kappa shape index (κ1) is 12.2. The van der Waals surface area contributed by atoms with Crippen LogP contribution < -0.4 is 5.32 Å². The molecule has 0 bridgehead atoms. The number of hydrogen-bond acceptors (Lipinski definition) is 4. The maximum absolute atomic E-state index is 11.9. The Hall–Kier alpha value is -2.24. The molecule has 2 aromatic rings. The molecule has 0 aliphatic heterocycles. The Kier molecular flexibility index (Phi) is 3.66. The van der Waals surface area contributed by atoms with Crippen molar-refractivity contribution in [2.24, 2.45) is 0 Å². The van der Waals surface area contributed by atoms with Gasteiger partial charge in [-0.05, 0) is 19.9 Å². The number of amides is 1. The molecule has 0 saturated heterocycles. The zero-order valence-electron chi connectivity index (χ0n) is 10.4. The maximum atomic E-state index is 11.9. The third kappa shape index (κ3) is 3.13. The normalized spacial score (nSPS) is 12.1. The molecular formula is C12H15N5O. The average Bonchev–Trinajstić information content (AvgIpc) is 2.82. The van der Waals surface area contributed by atoms with Crippen molar-refractivity contribution < 1.29 is 4.79 Å². The Balaban J connectivity index is 1.92. The third-order valence-electron chi connectivity index (χ3n) is 2.41. The second-order valence-electron chi connectivity index (χ2n) is 4.15. The largest absolute Gasteiger partial charge is 0.346 e. The van der Waals surface area contributed by atoms with Gasteiger partial charge in [0.2, 0.25) is 0 Å². The Bertz CT molecular complexity index is 506. The third-order valence-corrected chi connectivity index (χ3v) is 2.41. The lowest BCUT2D eigenvalue weighted by atomic mass is 10.3. The summed E-state index contributed by atoms with van der Waals surface area (Å²) >= 11 is 0. The molecule has 2 rings (SSSR count). The summed E-state index contributed by atoms with van der Waals surface area (Å²) in [4.78, 5) is 19.9. The SMILES string of the molecule is Cc1cnc(C(=O)N[C@H](C)Cn2cccn2)cn1. The molecule has 6 nitrogen and oxygen atoms in total. The maximum Gasteiger partial charge on any atom is 0.271 e. The van der Waals surface area contributed by atoms with E-state index >= 15 is 0 Å². The molecule has 0 aromatic carbocycles. The van der Waals surface area contributed by atoms with Crippen molar-refractivity contribution >= 4 is 5.91 Å². The number of nitrogens with zero attached hydrogens (tertiary/aromatic N) is 4. The van der Waals surface area contributed by atoms with Gasteiger partial charge in [-0.1, -0.05) is 0 Å². The van der Waals surface area contributed by atoms with E-state index in [1.807, 2.05) is 26.1 Å². The predicted molar refractivity (Wildman–Crippen MR) is 65.9 cm³/mol. The number of aromatic nitrogens is 4. The van der Waals surface area contributed by atoms with Gasteiger partial charge in [0, 0.05) is 24.6 Å². The van der Waals surface area contributed by atoms with Crippen molar-refractivity contribution in [2.75, 3.05) is 0 Å². The summed E-state index contributed by atoms with van der Waals surface area (Å²) in [5, 5.41) is 6.94. The fourth-order valence-corrected chi connectivity index (χ4v) is 1.54. The number of nitrogens with one attached hydrogen (secondary N) is 1. The Morgan fingerprint density at radius 3 is 2.89 bits per heavy atom. The topological polar surface area (TPSA) is 72.7 Å². The molecule has 18 heavy (non-hydrogen) atoms.